The van der Waals surface area contributed by atoms with Crippen molar-refractivity contribution in [3.63, 3.8) is 0 Å². The van der Waals surface area contributed by atoms with Crippen LogP contribution in [0.15, 0.2) is 35.6 Å². The number of hydrogen-bond acceptors (Lipinski definition) is 9. The summed E-state index contributed by atoms with van der Waals surface area (Å²) in [5, 5.41) is 4.26. The molecule has 3 aromatic rings. The van der Waals surface area contributed by atoms with Crippen LogP contribution >= 0.6 is 11.8 Å². The van der Waals surface area contributed by atoms with Crippen LogP contribution in [0.5, 0.6) is 0 Å². The van der Waals surface area contributed by atoms with E-state index in [4.69, 9.17) is 9.97 Å². The Bertz CT molecular complexity index is 1070. The third-order valence-electron chi connectivity index (χ3n) is 5.79. The van der Waals surface area contributed by atoms with Gasteiger partial charge in [-0.3, -0.25) is 0 Å². The van der Waals surface area contributed by atoms with Crippen LogP contribution in [-0.4, -0.2) is 75.3 Å². The van der Waals surface area contributed by atoms with Crippen molar-refractivity contribution in [2.75, 3.05) is 60.6 Å². The highest BCUT2D eigenvalue weighted by Crippen LogP contribution is 2.32. The number of nitrogens with zero attached hydrogens (tertiary/aromatic N) is 6. The lowest BCUT2D eigenvalue weighted by atomic mass is 10.2. The summed E-state index contributed by atoms with van der Waals surface area (Å²) in [5.74, 6) is 3.70. The maximum atomic E-state index is 11.9. The number of piperazine rings is 1. The summed E-state index contributed by atoms with van der Waals surface area (Å²) in [6, 6.07) is 8.59. The van der Waals surface area contributed by atoms with Crippen LogP contribution in [-0.2, 0) is 16.9 Å². The van der Waals surface area contributed by atoms with E-state index in [1.165, 1.54) is 11.1 Å². The molecule has 0 saturated carbocycles. The van der Waals surface area contributed by atoms with Crippen LogP contribution in [0.2, 0.25) is 0 Å². The van der Waals surface area contributed by atoms with E-state index in [0.29, 0.717) is 11.5 Å². The highest BCUT2D eigenvalue weighted by molar-refractivity contribution is 7.98. The summed E-state index contributed by atoms with van der Waals surface area (Å²) >= 11 is 0.932. The average Bonchev–Trinajstić information content (AvgIpc) is 2.84. The molecule has 2 aliphatic heterocycles. The van der Waals surface area contributed by atoms with Crippen molar-refractivity contribution in [1.82, 2.24) is 25.3 Å². The Hall–Kier alpha value is -2.14. The molecule has 2 aromatic heterocycles. The summed E-state index contributed by atoms with van der Waals surface area (Å²) in [6.07, 6.45) is 1.61. The van der Waals surface area contributed by atoms with Gasteiger partial charge in [0, 0.05) is 31.9 Å². The van der Waals surface area contributed by atoms with Crippen LogP contribution in [0.25, 0.3) is 11.0 Å². The number of nitrogens with one attached hydrogen (secondary N) is 1. The number of fused-ring (bicyclic) bond motifs is 1. The zero-order valence-electron chi connectivity index (χ0n) is 18.2. The minimum absolute atomic E-state index is 0.661. The second-order valence-electron chi connectivity index (χ2n) is 8.07. The Morgan fingerprint density at radius 1 is 0.969 bits per heavy atom. The molecule has 0 amide bonds. The van der Waals surface area contributed by atoms with Gasteiger partial charge in [-0.1, -0.05) is 52.8 Å². The quantitative estimate of drug-likeness (QED) is 0.342. The number of aromatic nitrogens is 4. The third kappa shape index (κ3) is 4.78. The lowest BCUT2D eigenvalue weighted by molar-refractivity contribution is 0.578. The van der Waals surface area contributed by atoms with Crippen LogP contribution in [0.3, 0.4) is 0 Å². The topological polar surface area (TPSA) is 93.1 Å². The lowest BCUT2D eigenvalue weighted by Gasteiger charge is -2.31. The third-order valence-corrected chi connectivity index (χ3v) is 8.12. The summed E-state index contributed by atoms with van der Waals surface area (Å²) in [6.45, 7) is 7.11. The van der Waals surface area contributed by atoms with Crippen LogP contribution in [0.4, 0.5) is 11.8 Å². The standard InChI is InChI=1S/C22H27N7OS2/c1-16-2-4-17(5-3-16)14-31-21-19-18(24-15-25-21)20(28-10-12-32(30)13-11-28)27-22(26-19)29-8-6-23-7-9-29/h2-5,15,23H,6-14H2,1H3. The molecular formula is C22H27N7OS2. The maximum Gasteiger partial charge on any atom is 0.228 e. The van der Waals surface area contributed by atoms with E-state index in [-0.39, 0.29) is 0 Å². The van der Waals surface area contributed by atoms with Crippen LogP contribution in [0.1, 0.15) is 11.1 Å². The number of anilines is 2. The number of rotatable bonds is 5. The number of hydrogen-bond donors (Lipinski definition) is 1. The molecule has 0 unspecified atom stereocenters. The highest BCUT2D eigenvalue weighted by atomic mass is 32.2. The van der Waals surface area contributed by atoms with Gasteiger partial charge in [0.15, 0.2) is 5.82 Å². The Labute approximate surface area is 195 Å². The van der Waals surface area contributed by atoms with Gasteiger partial charge in [0.05, 0.1) is 13.1 Å². The molecule has 5 rings (SSSR count). The van der Waals surface area contributed by atoms with Crippen LogP contribution in [0, 0.1) is 6.92 Å². The fourth-order valence-electron chi connectivity index (χ4n) is 3.92. The first-order chi connectivity index (χ1) is 15.7. The van der Waals surface area contributed by atoms with Gasteiger partial charge in [-0.2, -0.15) is 4.98 Å². The fourth-order valence-corrected chi connectivity index (χ4v) is 5.87. The first-order valence-electron chi connectivity index (χ1n) is 10.9. The minimum atomic E-state index is -0.749. The predicted molar refractivity (Wildman–Crippen MR) is 131 cm³/mol. The normalized spacial score (nSPS) is 17.8. The Kier molecular flexibility index (Phi) is 6.63. The van der Waals surface area contributed by atoms with E-state index in [1.807, 2.05) is 0 Å². The minimum Gasteiger partial charge on any atom is -0.616 e. The molecule has 4 heterocycles. The molecule has 10 heteroatoms. The molecule has 0 atom stereocenters. The van der Waals surface area contributed by atoms with Gasteiger partial charge in [0.1, 0.15) is 33.9 Å². The SMILES string of the molecule is Cc1ccc(CSc2ncnc3c(N4CC[S+]([O-])CC4)nc(N4CCNCC4)nc23)cc1. The van der Waals surface area contributed by atoms with Gasteiger partial charge in [-0.15, -0.1) is 0 Å². The zero-order valence-corrected chi connectivity index (χ0v) is 19.8. The second kappa shape index (κ2) is 9.78. The first-order valence-corrected chi connectivity index (χ1v) is 13.4. The molecule has 0 bridgehead atoms. The van der Waals surface area contributed by atoms with E-state index >= 15 is 0 Å². The van der Waals surface area contributed by atoms with Gasteiger partial charge < -0.3 is 19.7 Å². The van der Waals surface area contributed by atoms with Crippen molar-refractivity contribution in [2.24, 2.45) is 0 Å². The lowest BCUT2D eigenvalue weighted by Crippen LogP contribution is -2.45. The molecule has 2 aliphatic rings. The van der Waals surface area contributed by atoms with Crippen molar-refractivity contribution in [3.05, 3.63) is 41.7 Å². The number of benzene rings is 1. The molecule has 0 spiro atoms. The Balaban J connectivity index is 1.52. The molecule has 32 heavy (non-hydrogen) atoms. The van der Waals surface area contributed by atoms with Crippen molar-refractivity contribution < 1.29 is 4.55 Å². The Morgan fingerprint density at radius 3 is 2.47 bits per heavy atom. The highest BCUT2D eigenvalue weighted by Gasteiger charge is 2.26. The molecular weight excluding hydrogens is 442 g/mol. The molecule has 2 fully saturated rings. The van der Waals surface area contributed by atoms with E-state index in [2.05, 4.69) is 56.3 Å². The van der Waals surface area contributed by atoms with Gasteiger partial charge >= 0.3 is 0 Å². The van der Waals surface area contributed by atoms with E-state index in [1.54, 1.807) is 18.1 Å². The van der Waals surface area contributed by atoms with Crippen molar-refractivity contribution >= 4 is 45.7 Å². The summed E-state index contributed by atoms with van der Waals surface area (Å²) in [4.78, 5) is 23.5. The van der Waals surface area contributed by atoms with E-state index in [9.17, 15) is 4.55 Å². The van der Waals surface area contributed by atoms with Gasteiger partial charge in [0.25, 0.3) is 0 Å². The monoisotopic (exact) mass is 469 g/mol. The molecule has 168 valence electrons. The van der Waals surface area contributed by atoms with E-state index < -0.39 is 11.2 Å². The van der Waals surface area contributed by atoms with Gasteiger partial charge in [-0.05, 0) is 12.5 Å². The Morgan fingerprint density at radius 2 is 1.72 bits per heavy atom. The first kappa shape index (κ1) is 21.7. The number of thioether (sulfide) groups is 1. The van der Waals surface area contributed by atoms with Crippen molar-refractivity contribution in [3.8, 4) is 0 Å². The summed E-state index contributed by atoms with van der Waals surface area (Å²) in [5.41, 5.74) is 4.09. The average molecular weight is 470 g/mol. The summed E-state index contributed by atoms with van der Waals surface area (Å²) in [7, 11) is 0. The smallest absolute Gasteiger partial charge is 0.228 e. The molecule has 8 nitrogen and oxygen atoms in total. The molecule has 1 aromatic carbocycles. The zero-order chi connectivity index (χ0) is 21.9. The van der Waals surface area contributed by atoms with E-state index in [0.717, 1.165) is 72.8 Å². The molecule has 0 radical (unpaired) electrons. The molecule has 0 aliphatic carbocycles. The van der Waals surface area contributed by atoms with Gasteiger partial charge in [-0.25, -0.2) is 15.0 Å². The van der Waals surface area contributed by atoms with Crippen molar-refractivity contribution in [2.45, 2.75) is 17.7 Å². The predicted octanol–water partition coefficient (Wildman–Crippen LogP) is 2.00. The van der Waals surface area contributed by atoms with Gasteiger partial charge in [0.2, 0.25) is 5.95 Å². The largest absolute Gasteiger partial charge is 0.616 e. The summed E-state index contributed by atoms with van der Waals surface area (Å²) < 4.78 is 11.9. The fraction of sp³-hybridized carbons (Fsp3) is 0.455. The van der Waals surface area contributed by atoms with Crippen LogP contribution < -0.4 is 15.1 Å². The van der Waals surface area contributed by atoms with Crippen molar-refractivity contribution in [1.29, 1.82) is 0 Å². The maximum absolute atomic E-state index is 11.9. The molecule has 2 saturated heterocycles. The molecule has 1 N–H and O–H groups in total. The second-order valence-corrected chi connectivity index (χ2v) is 10.7. The number of aryl methyl sites for hydroxylation is 1.